The van der Waals surface area contributed by atoms with E-state index in [4.69, 9.17) is 0 Å². The summed E-state index contributed by atoms with van der Waals surface area (Å²) in [5, 5.41) is 0. The third-order valence-electron chi connectivity index (χ3n) is 5.20. The van der Waals surface area contributed by atoms with Crippen LogP contribution in [-0.2, 0) is 4.79 Å². The van der Waals surface area contributed by atoms with E-state index >= 15 is 0 Å². The van der Waals surface area contributed by atoms with Crippen LogP contribution in [0.25, 0.3) is 0 Å². The first kappa shape index (κ1) is 12.6. The van der Waals surface area contributed by atoms with Gasteiger partial charge in [0, 0.05) is 11.8 Å². The molecule has 1 nitrogen and oxygen atoms in total. The van der Waals surface area contributed by atoms with Crippen LogP contribution in [0.5, 0.6) is 0 Å². The lowest BCUT2D eigenvalue weighted by Gasteiger charge is -2.49. The van der Waals surface area contributed by atoms with Crippen molar-refractivity contribution in [3.05, 3.63) is 23.8 Å². The maximum Gasteiger partial charge on any atom is 0.140 e. The van der Waals surface area contributed by atoms with E-state index in [1.807, 2.05) is 0 Å². The summed E-state index contributed by atoms with van der Waals surface area (Å²) in [6.07, 6.45) is 5.25. The number of carbonyl (C=O) groups is 1. The Morgan fingerprint density at radius 1 is 1.47 bits per heavy atom. The van der Waals surface area contributed by atoms with Crippen LogP contribution in [0.1, 0.15) is 47.0 Å². The molecule has 2 aliphatic carbocycles. The van der Waals surface area contributed by atoms with Gasteiger partial charge in [-0.05, 0) is 44.4 Å². The van der Waals surface area contributed by atoms with Gasteiger partial charge in [0.1, 0.15) is 5.78 Å². The fourth-order valence-electron chi connectivity index (χ4n) is 3.70. The molecule has 0 aromatic rings. The van der Waals surface area contributed by atoms with Gasteiger partial charge in [0.15, 0.2) is 0 Å². The molecule has 0 heterocycles. The zero-order chi connectivity index (χ0) is 12.8. The molecule has 2 rings (SSSR count). The van der Waals surface area contributed by atoms with Crippen LogP contribution >= 0.6 is 0 Å². The quantitative estimate of drug-likeness (QED) is 0.621. The Hall–Kier alpha value is -0.850. The van der Waals surface area contributed by atoms with Crippen molar-refractivity contribution in [2.24, 2.45) is 23.2 Å². The second-order valence-electron chi connectivity index (χ2n) is 6.39. The number of rotatable bonds is 1. The summed E-state index contributed by atoms with van der Waals surface area (Å²) >= 11 is 0. The van der Waals surface area contributed by atoms with Crippen molar-refractivity contribution in [3.63, 3.8) is 0 Å². The van der Waals surface area contributed by atoms with Crippen LogP contribution in [0.4, 0.5) is 0 Å². The van der Waals surface area contributed by atoms with Gasteiger partial charge in [0.25, 0.3) is 0 Å². The number of ketones is 1. The Balaban J connectivity index is 2.33. The summed E-state index contributed by atoms with van der Waals surface area (Å²) in [7, 11) is 0. The van der Waals surface area contributed by atoms with Gasteiger partial charge < -0.3 is 0 Å². The van der Waals surface area contributed by atoms with E-state index in [1.54, 1.807) is 0 Å². The van der Waals surface area contributed by atoms with Crippen LogP contribution in [0.2, 0.25) is 0 Å². The topological polar surface area (TPSA) is 17.1 Å². The predicted octanol–water partition coefficient (Wildman–Crippen LogP) is 4.15. The SMILES string of the molecule is C=C(C)[C@H]1CC(=O)[C@@]2(C)[C@H](CC(C)=C[C@@H]2C)C1. The molecule has 1 saturated carbocycles. The van der Waals surface area contributed by atoms with Gasteiger partial charge in [0.2, 0.25) is 0 Å². The summed E-state index contributed by atoms with van der Waals surface area (Å²) in [6.45, 7) is 12.7. The third-order valence-corrected chi connectivity index (χ3v) is 5.20. The van der Waals surface area contributed by atoms with E-state index in [9.17, 15) is 4.79 Å². The molecular formula is C16H24O. The summed E-state index contributed by atoms with van der Waals surface area (Å²) in [4.78, 5) is 12.5. The minimum absolute atomic E-state index is 0.120. The number of carbonyl (C=O) groups excluding carboxylic acids is 1. The molecule has 2 aliphatic rings. The van der Waals surface area contributed by atoms with Gasteiger partial charge in [-0.2, -0.15) is 0 Å². The molecule has 0 aromatic carbocycles. The molecule has 1 heteroatoms. The molecular weight excluding hydrogens is 208 g/mol. The van der Waals surface area contributed by atoms with Crippen molar-refractivity contribution in [1.29, 1.82) is 0 Å². The Morgan fingerprint density at radius 3 is 2.71 bits per heavy atom. The van der Waals surface area contributed by atoms with Gasteiger partial charge in [-0.1, -0.05) is 37.6 Å². The fourth-order valence-corrected chi connectivity index (χ4v) is 3.70. The minimum atomic E-state index is -0.120. The van der Waals surface area contributed by atoms with Crippen molar-refractivity contribution in [2.45, 2.75) is 47.0 Å². The largest absolute Gasteiger partial charge is 0.299 e. The first-order valence-electron chi connectivity index (χ1n) is 6.71. The highest BCUT2D eigenvalue weighted by Crippen LogP contribution is 2.52. The lowest BCUT2D eigenvalue weighted by molar-refractivity contribution is -0.138. The lowest BCUT2D eigenvalue weighted by Crippen LogP contribution is -2.48. The standard InChI is InChI=1S/C16H24O/c1-10(2)13-8-14-7-11(3)6-12(4)16(14,5)15(17)9-13/h6,12-14H,1,7-9H2,2-5H3/t12-,13+,14+,16+/m0/s1. The number of hydrogen-bond donors (Lipinski definition) is 0. The van der Waals surface area contributed by atoms with Crippen LogP contribution in [0.3, 0.4) is 0 Å². The van der Waals surface area contributed by atoms with E-state index in [1.165, 1.54) is 11.1 Å². The number of hydrogen-bond acceptors (Lipinski definition) is 1. The lowest BCUT2D eigenvalue weighted by atomic mass is 9.54. The van der Waals surface area contributed by atoms with Gasteiger partial charge in [-0.3, -0.25) is 4.79 Å². The normalized spacial score (nSPS) is 41.8. The molecule has 0 bridgehead atoms. The van der Waals surface area contributed by atoms with Crippen molar-refractivity contribution in [1.82, 2.24) is 0 Å². The second kappa shape index (κ2) is 4.12. The van der Waals surface area contributed by atoms with Crippen molar-refractivity contribution in [3.8, 4) is 0 Å². The van der Waals surface area contributed by atoms with Gasteiger partial charge in [0.05, 0.1) is 0 Å². The van der Waals surface area contributed by atoms with E-state index in [0.29, 0.717) is 30.0 Å². The average molecular weight is 232 g/mol. The molecule has 94 valence electrons. The van der Waals surface area contributed by atoms with Crippen molar-refractivity contribution in [2.75, 3.05) is 0 Å². The first-order valence-corrected chi connectivity index (χ1v) is 6.71. The van der Waals surface area contributed by atoms with E-state index in [-0.39, 0.29) is 5.41 Å². The molecule has 0 unspecified atom stereocenters. The summed E-state index contributed by atoms with van der Waals surface area (Å²) < 4.78 is 0. The highest BCUT2D eigenvalue weighted by atomic mass is 16.1. The number of fused-ring (bicyclic) bond motifs is 1. The second-order valence-corrected chi connectivity index (χ2v) is 6.39. The summed E-state index contributed by atoms with van der Waals surface area (Å²) in [5.41, 5.74) is 2.52. The average Bonchev–Trinajstić information content (AvgIpc) is 2.22. The monoisotopic (exact) mass is 232 g/mol. The molecule has 1 fully saturated rings. The molecule has 0 radical (unpaired) electrons. The van der Waals surface area contributed by atoms with Crippen molar-refractivity contribution >= 4 is 5.78 Å². The Bertz CT molecular complexity index is 390. The third kappa shape index (κ3) is 1.90. The molecule has 0 N–H and O–H groups in total. The molecule has 0 spiro atoms. The zero-order valence-electron chi connectivity index (χ0n) is 11.5. The molecule has 4 atom stereocenters. The highest BCUT2D eigenvalue weighted by molar-refractivity contribution is 5.87. The van der Waals surface area contributed by atoms with Gasteiger partial charge in [-0.25, -0.2) is 0 Å². The predicted molar refractivity (Wildman–Crippen MR) is 71.7 cm³/mol. The molecule has 0 aliphatic heterocycles. The van der Waals surface area contributed by atoms with E-state index in [0.717, 1.165) is 12.8 Å². The van der Waals surface area contributed by atoms with Crippen LogP contribution < -0.4 is 0 Å². The molecule has 0 aromatic heterocycles. The number of Topliss-reactive ketones (excluding diaryl/α,β-unsaturated/α-hetero) is 1. The van der Waals surface area contributed by atoms with Gasteiger partial charge in [-0.15, -0.1) is 0 Å². The zero-order valence-corrected chi connectivity index (χ0v) is 11.5. The Morgan fingerprint density at radius 2 is 2.12 bits per heavy atom. The molecule has 0 saturated heterocycles. The van der Waals surface area contributed by atoms with Crippen LogP contribution in [-0.4, -0.2) is 5.78 Å². The maximum atomic E-state index is 12.5. The van der Waals surface area contributed by atoms with E-state index < -0.39 is 0 Å². The van der Waals surface area contributed by atoms with Crippen LogP contribution in [0.15, 0.2) is 23.8 Å². The van der Waals surface area contributed by atoms with Crippen molar-refractivity contribution < 1.29 is 4.79 Å². The van der Waals surface area contributed by atoms with Gasteiger partial charge >= 0.3 is 0 Å². The summed E-state index contributed by atoms with van der Waals surface area (Å²) in [5.74, 6) is 1.78. The van der Waals surface area contributed by atoms with E-state index in [2.05, 4.69) is 40.3 Å². The molecule has 0 amide bonds. The van der Waals surface area contributed by atoms with Crippen LogP contribution in [0, 0.1) is 23.2 Å². The Kier molecular flexibility index (Phi) is 3.05. The smallest absolute Gasteiger partial charge is 0.140 e. The first-order chi connectivity index (χ1) is 7.85. The minimum Gasteiger partial charge on any atom is -0.299 e. The highest BCUT2D eigenvalue weighted by Gasteiger charge is 2.50. The maximum absolute atomic E-state index is 12.5. The fraction of sp³-hybridized carbons (Fsp3) is 0.688. The number of allylic oxidation sites excluding steroid dienone is 3. The molecule has 17 heavy (non-hydrogen) atoms. The Labute approximate surface area is 105 Å². The summed E-state index contributed by atoms with van der Waals surface area (Å²) in [6, 6.07) is 0.